The fourth-order valence-electron chi connectivity index (χ4n) is 2.57. The van der Waals surface area contributed by atoms with Crippen molar-refractivity contribution in [1.29, 1.82) is 0 Å². The van der Waals surface area contributed by atoms with E-state index in [0.29, 0.717) is 16.5 Å². The normalized spacial score (nSPS) is 20.2. The highest BCUT2D eigenvalue weighted by atomic mass is 35.5. The molecular formula is C15H22Cl2N2O2. The molecule has 2 atom stereocenters. The van der Waals surface area contributed by atoms with E-state index in [-0.39, 0.29) is 18.4 Å². The van der Waals surface area contributed by atoms with Crippen LogP contribution in [0.4, 0.5) is 0 Å². The van der Waals surface area contributed by atoms with Gasteiger partial charge in [-0.2, -0.15) is 0 Å². The first-order valence-electron chi connectivity index (χ1n) is 7.25. The SMILES string of the molecule is CC(O)CC(N)N1CCC(Oc2ccc(Cl)c(Cl)c2)CC1. The minimum Gasteiger partial charge on any atom is -0.490 e. The Hall–Kier alpha value is -0.520. The number of aliphatic hydroxyl groups is 1. The van der Waals surface area contributed by atoms with Gasteiger partial charge in [-0.3, -0.25) is 4.90 Å². The van der Waals surface area contributed by atoms with Crippen LogP contribution in [-0.4, -0.2) is 41.5 Å². The van der Waals surface area contributed by atoms with Gasteiger partial charge in [0, 0.05) is 25.6 Å². The Morgan fingerprint density at radius 1 is 1.33 bits per heavy atom. The third-order valence-electron chi connectivity index (χ3n) is 3.72. The Morgan fingerprint density at radius 3 is 2.57 bits per heavy atom. The molecule has 118 valence electrons. The Bertz CT molecular complexity index is 463. The van der Waals surface area contributed by atoms with Crippen LogP contribution in [-0.2, 0) is 0 Å². The molecule has 3 N–H and O–H groups in total. The minimum absolute atomic E-state index is 0.0871. The molecule has 0 saturated carbocycles. The van der Waals surface area contributed by atoms with E-state index >= 15 is 0 Å². The number of nitrogens with zero attached hydrogens (tertiary/aromatic N) is 1. The Balaban J connectivity index is 1.82. The van der Waals surface area contributed by atoms with E-state index in [9.17, 15) is 5.11 Å². The summed E-state index contributed by atoms with van der Waals surface area (Å²) in [4.78, 5) is 2.20. The second kappa shape index (κ2) is 7.65. The van der Waals surface area contributed by atoms with Gasteiger partial charge in [-0.15, -0.1) is 0 Å². The molecule has 1 aromatic carbocycles. The van der Waals surface area contributed by atoms with Gasteiger partial charge in [0.05, 0.1) is 22.3 Å². The quantitative estimate of drug-likeness (QED) is 0.870. The molecule has 0 amide bonds. The van der Waals surface area contributed by atoms with Crippen LogP contribution in [0.2, 0.25) is 10.0 Å². The number of hydrogen-bond donors (Lipinski definition) is 2. The molecular weight excluding hydrogens is 311 g/mol. The highest BCUT2D eigenvalue weighted by Crippen LogP contribution is 2.28. The number of rotatable bonds is 5. The summed E-state index contributed by atoms with van der Waals surface area (Å²) in [6.07, 6.45) is 2.12. The van der Waals surface area contributed by atoms with Crippen molar-refractivity contribution in [2.24, 2.45) is 5.73 Å². The maximum absolute atomic E-state index is 9.39. The summed E-state index contributed by atoms with van der Waals surface area (Å²) in [5, 5.41) is 10.4. The van der Waals surface area contributed by atoms with Gasteiger partial charge in [0.1, 0.15) is 11.9 Å². The lowest BCUT2D eigenvalue weighted by Gasteiger charge is -2.36. The molecule has 1 aliphatic rings. The number of nitrogens with two attached hydrogens (primary N) is 1. The Labute approximate surface area is 135 Å². The highest BCUT2D eigenvalue weighted by molar-refractivity contribution is 6.42. The first kappa shape index (κ1) is 16.8. The molecule has 0 aliphatic carbocycles. The third-order valence-corrected chi connectivity index (χ3v) is 4.46. The number of benzene rings is 1. The summed E-state index contributed by atoms with van der Waals surface area (Å²) in [5.41, 5.74) is 6.08. The zero-order valence-electron chi connectivity index (χ0n) is 12.1. The Morgan fingerprint density at radius 2 is 2.00 bits per heavy atom. The lowest BCUT2D eigenvalue weighted by Crippen LogP contribution is -2.49. The predicted molar refractivity (Wildman–Crippen MR) is 86.0 cm³/mol. The Kier molecular flexibility index (Phi) is 6.14. The standard InChI is InChI=1S/C15H22Cl2N2O2/c1-10(20)8-15(18)19-6-4-11(5-7-19)21-12-2-3-13(16)14(17)9-12/h2-3,9-11,15,20H,4-8,18H2,1H3. The van der Waals surface area contributed by atoms with Crippen molar-refractivity contribution in [2.75, 3.05) is 13.1 Å². The number of ether oxygens (including phenoxy) is 1. The first-order valence-corrected chi connectivity index (χ1v) is 8.00. The minimum atomic E-state index is -0.370. The number of likely N-dealkylation sites (tertiary alicyclic amines) is 1. The molecule has 0 bridgehead atoms. The summed E-state index contributed by atoms with van der Waals surface area (Å²) >= 11 is 11.9. The first-order chi connectivity index (χ1) is 9.95. The molecule has 6 heteroatoms. The van der Waals surface area contributed by atoms with E-state index in [1.807, 2.05) is 6.07 Å². The van der Waals surface area contributed by atoms with E-state index in [1.165, 1.54) is 0 Å². The van der Waals surface area contributed by atoms with Crippen molar-refractivity contribution in [1.82, 2.24) is 4.90 Å². The van der Waals surface area contributed by atoms with Crippen molar-refractivity contribution >= 4 is 23.2 Å². The van der Waals surface area contributed by atoms with Crippen molar-refractivity contribution in [3.05, 3.63) is 28.2 Å². The van der Waals surface area contributed by atoms with Crippen LogP contribution in [0.1, 0.15) is 26.2 Å². The maximum Gasteiger partial charge on any atom is 0.121 e. The summed E-state index contributed by atoms with van der Waals surface area (Å²) in [6, 6.07) is 5.32. The van der Waals surface area contributed by atoms with E-state index in [2.05, 4.69) is 4.90 Å². The van der Waals surface area contributed by atoms with Crippen LogP contribution >= 0.6 is 23.2 Å². The molecule has 0 radical (unpaired) electrons. The molecule has 2 unspecified atom stereocenters. The van der Waals surface area contributed by atoms with E-state index in [1.54, 1.807) is 19.1 Å². The average Bonchev–Trinajstić information content (AvgIpc) is 2.43. The molecule has 1 heterocycles. The van der Waals surface area contributed by atoms with Crippen LogP contribution in [0.3, 0.4) is 0 Å². The molecule has 0 aromatic heterocycles. The van der Waals surface area contributed by atoms with Gasteiger partial charge in [-0.25, -0.2) is 0 Å². The molecule has 21 heavy (non-hydrogen) atoms. The monoisotopic (exact) mass is 332 g/mol. The van der Waals surface area contributed by atoms with Gasteiger partial charge in [0.25, 0.3) is 0 Å². The smallest absolute Gasteiger partial charge is 0.121 e. The lowest BCUT2D eigenvalue weighted by atomic mass is 10.1. The number of aliphatic hydroxyl groups excluding tert-OH is 1. The zero-order valence-corrected chi connectivity index (χ0v) is 13.6. The van der Waals surface area contributed by atoms with Gasteiger partial charge in [0.15, 0.2) is 0 Å². The van der Waals surface area contributed by atoms with Crippen LogP contribution in [0.25, 0.3) is 0 Å². The van der Waals surface area contributed by atoms with Gasteiger partial charge in [-0.1, -0.05) is 23.2 Å². The summed E-state index contributed by atoms with van der Waals surface area (Å²) in [7, 11) is 0. The molecule has 1 saturated heterocycles. The zero-order chi connectivity index (χ0) is 15.4. The van der Waals surface area contributed by atoms with Crippen LogP contribution in [0.15, 0.2) is 18.2 Å². The largest absolute Gasteiger partial charge is 0.490 e. The molecule has 4 nitrogen and oxygen atoms in total. The van der Waals surface area contributed by atoms with Gasteiger partial charge >= 0.3 is 0 Å². The number of halogens is 2. The highest BCUT2D eigenvalue weighted by Gasteiger charge is 2.24. The topological polar surface area (TPSA) is 58.7 Å². The van der Waals surface area contributed by atoms with Crippen LogP contribution < -0.4 is 10.5 Å². The van der Waals surface area contributed by atoms with Crippen molar-refractivity contribution in [3.63, 3.8) is 0 Å². The van der Waals surface area contributed by atoms with Gasteiger partial charge in [-0.05, 0) is 31.9 Å². The lowest BCUT2D eigenvalue weighted by molar-refractivity contribution is 0.0564. The second-order valence-electron chi connectivity index (χ2n) is 5.58. The molecule has 1 aliphatic heterocycles. The van der Waals surface area contributed by atoms with E-state index in [0.717, 1.165) is 31.7 Å². The maximum atomic E-state index is 9.39. The third kappa shape index (κ3) is 5.01. The van der Waals surface area contributed by atoms with Crippen LogP contribution in [0.5, 0.6) is 5.75 Å². The van der Waals surface area contributed by atoms with E-state index < -0.39 is 0 Å². The van der Waals surface area contributed by atoms with Crippen molar-refractivity contribution < 1.29 is 9.84 Å². The van der Waals surface area contributed by atoms with Crippen molar-refractivity contribution in [3.8, 4) is 5.75 Å². The van der Waals surface area contributed by atoms with E-state index in [4.69, 9.17) is 33.7 Å². The predicted octanol–water partition coefficient (Wildman–Crippen LogP) is 2.89. The summed E-state index contributed by atoms with van der Waals surface area (Å²) in [6.45, 7) is 3.51. The molecule has 0 spiro atoms. The summed E-state index contributed by atoms with van der Waals surface area (Å²) in [5.74, 6) is 0.746. The number of hydrogen-bond acceptors (Lipinski definition) is 4. The molecule has 1 aromatic rings. The fourth-order valence-corrected chi connectivity index (χ4v) is 2.85. The van der Waals surface area contributed by atoms with Gasteiger partial charge in [0.2, 0.25) is 0 Å². The average molecular weight is 333 g/mol. The fraction of sp³-hybridized carbons (Fsp3) is 0.600. The van der Waals surface area contributed by atoms with Gasteiger partial charge < -0.3 is 15.6 Å². The van der Waals surface area contributed by atoms with Crippen LogP contribution in [0, 0.1) is 0 Å². The molecule has 1 fully saturated rings. The second-order valence-corrected chi connectivity index (χ2v) is 6.40. The van der Waals surface area contributed by atoms with Crippen molar-refractivity contribution in [2.45, 2.75) is 44.6 Å². The summed E-state index contributed by atoms with van der Waals surface area (Å²) < 4.78 is 5.94. The molecule has 2 rings (SSSR count). The number of piperidine rings is 1.